The molecule has 0 saturated heterocycles. The van der Waals surface area contributed by atoms with Gasteiger partial charge in [0.15, 0.2) is 0 Å². The van der Waals surface area contributed by atoms with Gasteiger partial charge in [-0.2, -0.15) is 0 Å². The first kappa shape index (κ1) is 13.6. The second-order valence-electron chi connectivity index (χ2n) is 2.96. The number of benzene rings is 1. The maximum Gasteiger partial charge on any atom is 0.304 e. The Hall–Kier alpha value is -1.39. The second-order valence-corrected chi connectivity index (χ2v) is 2.96. The summed E-state index contributed by atoms with van der Waals surface area (Å²) < 4.78 is 0. The van der Waals surface area contributed by atoms with E-state index in [1.54, 1.807) is 0 Å². The van der Waals surface area contributed by atoms with Crippen molar-refractivity contribution in [2.75, 3.05) is 13.1 Å². The molecule has 5 N–H and O–H groups in total. The molecule has 1 aromatic carbocycles. The first-order valence-corrected chi connectivity index (χ1v) is 4.86. The third-order valence-corrected chi connectivity index (χ3v) is 1.63. The first-order valence-electron chi connectivity index (χ1n) is 4.86. The predicted octanol–water partition coefficient (Wildman–Crippen LogP) is 0.608. The predicted molar refractivity (Wildman–Crippen MR) is 60.5 cm³/mol. The molecule has 4 nitrogen and oxygen atoms in total. The fourth-order valence-electron chi connectivity index (χ4n) is 0.935. The van der Waals surface area contributed by atoms with Crippen LogP contribution in [-0.2, 0) is 11.2 Å². The summed E-state index contributed by atoms with van der Waals surface area (Å²) in [6.45, 7) is 0.972. The van der Waals surface area contributed by atoms with E-state index in [2.05, 4.69) is 12.1 Å². The Labute approximate surface area is 89.9 Å². The van der Waals surface area contributed by atoms with Crippen molar-refractivity contribution in [3.63, 3.8) is 0 Å². The summed E-state index contributed by atoms with van der Waals surface area (Å²) in [5.74, 6) is -0.836. The molecule has 0 spiro atoms. The summed E-state index contributed by atoms with van der Waals surface area (Å²) in [6.07, 6.45) is 1.06. The molecule has 0 bridgehead atoms. The zero-order valence-electron chi connectivity index (χ0n) is 8.73. The van der Waals surface area contributed by atoms with Crippen molar-refractivity contribution in [1.29, 1.82) is 0 Å². The van der Waals surface area contributed by atoms with Crippen LogP contribution in [0.2, 0.25) is 0 Å². The number of carboxylic acid groups (broad SMARTS) is 1. The zero-order chi connectivity index (χ0) is 11.5. The molecule has 0 aliphatic carbocycles. The maximum absolute atomic E-state index is 9.52. The summed E-state index contributed by atoms with van der Waals surface area (Å²) in [5, 5.41) is 7.83. The number of nitrogens with two attached hydrogens (primary N) is 2. The lowest BCUT2D eigenvalue weighted by atomic mass is 10.2. The second kappa shape index (κ2) is 9.18. The molecule has 1 aromatic rings. The van der Waals surface area contributed by atoms with Crippen LogP contribution >= 0.6 is 0 Å². The summed E-state index contributed by atoms with van der Waals surface area (Å²) in [4.78, 5) is 9.52. The highest BCUT2D eigenvalue weighted by atomic mass is 16.4. The van der Waals surface area contributed by atoms with E-state index in [9.17, 15) is 4.79 Å². The molecule has 0 aliphatic rings. The van der Waals surface area contributed by atoms with Crippen molar-refractivity contribution in [2.24, 2.45) is 11.5 Å². The lowest BCUT2D eigenvalue weighted by molar-refractivity contribution is -0.136. The maximum atomic E-state index is 9.52. The van der Waals surface area contributed by atoms with E-state index >= 15 is 0 Å². The van der Waals surface area contributed by atoms with Crippen molar-refractivity contribution >= 4 is 5.97 Å². The van der Waals surface area contributed by atoms with Gasteiger partial charge in [0, 0.05) is 6.54 Å². The summed E-state index contributed by atoms with van der Waals surface area (Å²) in [5.41, 5.74) is 11.5. The molecule has 0 heterocycles. The third kappa shape index (κ3) is 8.93. The van der Waals surface area contributed by atoms with Gasteiger partial charge in [0.05, 0.1) is 6.42 Å². The minimum absolute atomic E-state index is 0.0694. The Kier molecular flexibility index (Phi) is 8.33. The summed E-state index contributed by atoms with van der Waals surface area (Å²) >= 11 is 0. The molecule has 15 heavy (non-hydrogen) atoms. The highest BCUT2D eigenvalue weighted by Gasteiger charge is 1.87. The molecule has 0 aliphatic heterocycles. The van der Waals surface area contributed by atoms with Gasteiger partial charge in [-0.05, 0) is 18.5 Å². The van der Waals surface area contributed by atoms with Crippen LogP contribution in [-0.4, -0.2) is 24.2 Å². The molecule has 0 amide bonds. The molecule has 4 heteroatoms. The van der Waals surface area contributed by atoms with Crippen molar-refractivity contribution in [3.05, 3.63) is 35.9 Å². The molecule has 1 rings (SSSR count). The number of carboxylic acids is 1. The fourth-order valence-corrected chi connectivity index (χ4v) is 0.935. The van der Waals surface area contributed by atoms with Gasteiger partial charge in [-0.1, -0.05) is 30.3 Å². The Bertz CT molecular complexity index is 263. The lowest BCUT2D eigenvalue weighted by Crippen LogP contribution is -2.05. The van der Waals surface area contributed by atoms with Crippen molar-refractivity contribution in [2.45, 2.75) is 12.8 Å². The van der Waals surface area contributed by atoms with Gasteiger partial charge in [0.2, 0.25) is 0 Å². The van der Waals surface area contributed by atoms with Crippen LogP contribution in [0.3, 0.4) is 0 Å². The topological polar surface area (TPSA) is 89.3 Å². The van der Waals surface area contributed by atoms with E-state index < -0.39 is 5.97 Å². The van der Waals surface area contributed by atoms with E-state index in [1.165, 1.54) is 5.56 Å². The van der Waals surface area contributed by atoms with Crippen molar-refractivity contribution in [3.8, 4) is 0 Å². The van der Waals surface area contributed by atoms with E-state index in [-0.39, 0.29) is 13.0 Å². The molecule has 0 saturated carbocycles. The minimum atomic E-state index is -0.836. The molecule has 0 unspecified atom stereocenters. The van der Waals surface area contributed by atoms with E-state index in [0.29, 0.717) is 0 Å². The normalized spacial score (nSPS) is 8.93. The summed E-state index contributed by atoms with van der Waals surface area (Å²) in [7, 11) is 0. The number of aliphatic carboxylic acids is 1. The summed E-state index contributed by atoms with van der Waals surface area (Å²) in [6, 6.07) is 10.3. The highest BCUT2D eigenvalue weighted by Crippen LogP contribution is 1.96. The number of rotatable bonds is 4. The number of carbonyl (C=O) groups is 1. The number of hydrogen-bond donors (Lipinski definition) is 3. The average Bonchev–Trinajstić information content (AvgIpc) is 2.20. The van der Waals surface area contributed by atoms with Crippen LogP contribution in [0.5, 0.6) is 0 Å². The van der Waals surface area contributed by atoms with E-state index in [1.807, 2.05) is 18.2 Å². The van der Waals surface area contributed by atoms with Crippen LogP contribution in [0.15, 0.2) is 30.3 Å². The lowest BCUT2D eigenvalue weighted by Gasteiger charge is -1.93. The van der Waals surface area contributed by atoms with Gasteiger partial charge >= 0.3 is 5.97 Å². The Morgan fingerprint density at radius 1 is 1.13 bits per heavy atom. The van der Waals surface area contributed by atoms with Gasteiger partial charge in [-0.25, -0.2) is 0 Å². The largest absolute Gasteiger partial charge is 0.481 e. The Morgan fingerprint density at radius 3 is 2.07 bits per heavy atom. The molecule has 0 aromatic heterocycles. The fraction of sp³-hybridized carbons (Fsp3) is 0.364. The molecular weight excluding hydrogens is 192 g/mol. The highest BCUT2D eigenvalue weighted by molar-refractivity contribution is 5.66. The van der Waals surface area contributed by atoms with Crippen LogP contribution in [0, 0.1) is 0 Å². The Morgan fingerprint density at radius 2 is 1.73 bits per heavy atom. The van der Waals surface area contributed by atoms with Crippen molar-refractivity contribution < 1.29 is 9.90 Å². The van der Waals surface area contributed by atoms with Crippen LogP contribution < -0.4 is 11.5 Å². The van der Waals surface area contributed by atoms with E-state index in [4.69, 9.17) is 16.6 Å². The molecule has 0 radical (unpaired) electrons. The molecular formula is C11H18N2O2. The quantitative estimate of drug-likeness (QED) is 0.679. The molecule has 0 atom stereocenters. The van der Waals surface area contributed by atoms with Crippen LogP contribution in [0.1, 0.15) is 12.0 Å². The zero-order valence-corrected chi connectivity index (χ0v) is 8.73. The smallest absolute Gasteiger partial charge is 0.304 e. The van der Waals surface area contributed by atoms with Gasteiger partial charge in [0.1, 0.15) is 0 Å². The number of hydrogen-bond acceptors (Lipinski definition) is 3. The van der Waals surface area contributed by atoms with Gasteiger partial charge in [-0.3, -0.25) is 4.79 Å². The van der Waals surface area contributed by atoms with Crippen molar-refractivity contribution in [1.82, 2.24) is 0 Å². The van der Waals surface area contributed by atoms with Crippen LogP contribution in [0.4, 0.5) is 0 Å². The SMILES string of the molecule is NCCC(=O)O.NCCc1ccccc1. The van der Waals surface area contributed by atoms with Gasteiger partial charge in [0.25, 0.3) is 0 Å². The minimum Gasteiger partial charge on any atom is -0.481 e. The van der Waals surface area contributed by atoms with Gasteiger partial charge < -0.3 is 16.6 Å². The third-order valence-electron chi connectivity index (χ3n) is 1.63. The monoisotopic (exact) mass is 210 g/mol. The first-order chi connectivity index (χ1) is 7.20. The van der Waals surface area contributed by atoms with E-state index in [0.717, 1.165) is 13.0 Å². The Balaban J connectivity index is 0.000000288. The standard InChI is InChI=1S/C8H11N.C3H7NO2/c9-7-6-8-4-2-1-3-5-8;4-2-1-3(5)6/h1-5H,6-7,9H2;1-2,4H2,(H,5,6). The van der Waals surface area contributed by atoms with Crippen LogP contribution in [0.25, 0.3) is 0 Å². The molecule has 0 fully saturated rings. The average molecular weight is 210 g/mol. The molecule has 84 valence electrons. The van der Waals surface area contributed by atoms with Gasteiger partial charge in [-0.15, -0.1) is 0 Å².